The van der Waals surface area contributed by atoms with E-state index in [1.165, 1.54) is 19.3 Å². The van der Waals surface area contributed by atoms with E-state index in [-0.39, 0.29) is 6.10 Å². The molecule has 3 unspecified atom stereocenters. The van der Waals surface area contributed by atoms with Crippen molar-refractivity contribution in [3.63, 3.8) is 0 Å². The minimum absolute atomic E-state index is 0.379. The number of aryl methyl sites for hydroxylation is 1. The lowest BCUT2D eigenvalue weighted by Crippen LogP contribution is -2.23. The molecule has 18 heavy (non-hydrogen) atoms. The second-order valence-electron chi connectivity index (χ2n) is 5.34. The highest BCUT2D eigenvalue weighted by Crippen LogP contribution is 2.40. The molecule has 1 aliphatic rings. The van der Waals surface area contributed by atoms with Gasteiger partial charge in [0.1, 0.15) is 0 Å². The van der Waals surface area contributed by atoms with Crippen molar-refractivity contribution in [1.29, 1.82) is 0 Å². The number of aromatic nitrogens is 2. The predicted octanol–water partition coefficient (Wildman–Crippen LogP) is 3.92. The molecule has 1 aliphatic carbocycles. The summed E-state index contributed by atoms with van der Waals surface area (Å²) in [5.41, 5.74) is 0.958. The van der Waals surface area contributed by atoms with E-state index in [1.54, 1.807) is 6.20 Å². The van der Waals surface area contributed by atoms with Gasteiger partial charge in [-0.25, -0.2) is 0 Å². The Hall–Kier alpha value is -0.350. The zero-order valence-corrected chi connectivity index (χ0v) is 12.9. The lowest BCUT2D eigenvalue weighted by molar-refractivity contribution is 0.0603. The molecule has 1 aromatic rings. The van der Waals surface area contributed by atoms with Gasteiger partial charge in [0.25, 0.3) is 0 Å². The normalized spacial score (nSPS) is 26.2. The Bertz CT molecular complexity index is 391. The molecule has 0 amide bonds. The standard InChI is InChI=1S/C14H23BrN2O/c1-3-10-6-5-7-11(8-10)14(18)13-12(15)9-16-17(13)4-2/h9-11,14,18H,3-8H2,1-2H3. The number of nitrogens with zero attached hydrogens (tertiary/aromatic N) is 2. The largest absolute Gasteiger partial charge is 0.386 e. The maximum Gasteiger partial charge on any atom is 0.0996 e. The van der Waals surface area contributed by atoms with Gasteiger partial charge in [0.15, 0.2) is 0 Å². The quantitative estimate of drug-likeness (QED) is 0.914. The Kier molecular flexibility index (Phi) is 4.84. The summed E-state index contributed by atoms with van der Waals surface area (Å²) >= 11 is 3.51. The molecule has 0 saturated heterocycles. The fraction of sp³-hybridized carbons (Fsp3) is 0.786. The van der Waals surface area contributed by atoms with Crippen LogP contribution >= 0.6 is 15.9 Å². The van der Waals surface area contributed by atoms with Crippen LogP contribution in [0.2, 0.25) is 0 Å². The Morgan fingerprint density at radius 2 is 2.28 bits per heavy atom. The number of rotatable bonds is 4. The first kappa shape index (κ1) is 14.1. The van der Waals surface area contributed by atoms with E-state index in [1.807, 2.05) is 4.68 Å². The van der Waals surface area contributed by atoms with Gasteiger partial charge >= 0.3 is 0 Å². The van der Waals surface area contributed by atoms with Crippen LogP contribution in [0.3, 0.4) is 0 Å². The van der Waals surface area contributed by atoms with Gasteiger partial charge in [-0.1, -0.05) is 26.2 Å². The van der Waals surface area contributed by atoms with E-state index < -0.39 is 0 Å². The molecular weight excluding hydrogens is 292 g/mol. The molecule has 1 aromatic heterocycles. The van der Waals surface area contributed by atoms with Gasteiger partial charge in [-0.05, 0) is 47.5 Å². The van der Waals surface area contributed by atoms with Crippen molar-refractivity contribution in [2.24, 2.45) is 11.8 Å². The van der Waals surface area contributed by atoms with Gasteiger partial charge in [-0.3, -0.25) is 4.68 Å². The molecule has 3 atom stereocenters. The van der Waals surface area contributed by atoms with Crippen molar-refractivity contribution in [3.8, 4) is 0 Å². The SMILES string of the molecule is CCC1CCCC(C(O)c2c(Br)cnn2CC)C1. The molecule has 1 fully saturated rings. The fourth-order valence-corrected chi connectivity index (χ4v) is 3.66. The number of hydrogen-bond acceptors (Lipinski definition) is 2. The maximum absolute atomic E-state index is 10.6. The monoisotopic (exact) mass is 314 g/mol. The van der Waals surface area contributed by atoms with E-state index in [0.29, 0.717) is 5.92 Å². The van der Waals surface area contributed by atoms with Crippen LogP contribution in [0.25, 0.3) is 0 Å². The van der Waals surface area contributed by atoms with E-state index in [2.05, 4.69) is 34.9 Å². The third kappa shape index (κ3) is 2.80. The Morgan fingerprint density at radius 3 is 2.94 bits per heavy atom. The first-order valence-electron chi connectivity index (χ1n) is 7.06. The molecule has 0 spiro atoms. The number of aliphatic hydroxyl groups is 1. The number of halogens is 1. The van der Waals surface area contributed by atoms with E-state index in [0.717, 1.165) is 35.5 Å². The molecule has 4 heteroatoms. The van der Waals surface area contributed by atoms with E-state index >= 15 is 0 Å². The summed E-state index contributed by atoms with van der Waals surface area (Å²) in [6.07, 6.45) is 7.51. The van der Waals surface area contributed by atoms with Gasteiger partial charge in [-0.2, -0.15) is 5.10 Å². The molecule has 1 heterocycles. The van der Waals surface area contributed by atoms with Crippen LogP contribution in [0.5, 0.6) is 0 Å². The second-order valence-corrected chi connectivity index (χ2v) is 6.19. The summed E-state index contributed by atoms with van der Waals surface area (Å²) in [6, 6.07) is 0. The minimum Gasteiger partial charge on any atom is -0.386 e. The summed E-state index contributed by atoms with van der Waals surface area (Å²) in [5.74, 6) is 1.18. The molecule has 0 aromatic carbocycles. The highest BCUT2D eigenvalue weighted by molar-refractivity contribution is 9.10. The first-order valence-corrected chi connectivity index (χ1v) is 7.85. The minimum atomic E-state index is -0.379. The van der Waals surface area contributed by atoms with Crippen molar-refractivity contribution < 1.29 is 5.11 Å². The molecular formula is C14H23BrN2O. The summed E-state index contributed by atoms with van der Waals surface area (Å²) < 4.78 is 2.85. The number of aliphatic hydroxyl groups excluding tert-OH is 1. The zero-order chi connectivity index (χ0) is 13.1. The van der Waals surface area contributed by atoms with Crippen molar-refractivity contribution in [3.05, 3.63) is 16.4 Å². The lowest BCUT2D eigenvalue weighted by Gasteiger charge is -2.32. The van der Waals surface area contributed by atoms with Crippen LogP contribution in [-0.2, 0) is 6.54 Å². The summed E-state index contributed by atoms with van der Waals surface area (Å²) in [4.78, 5) is 0. The first-order chi connectivity index (χ1) is 8.67. The highest BCUT2D eigenvalue weighted by atomic mass is 79.9. The Balaban J connectivity index is 2.14. The molecule has 0 bridgehead atoms. The molecule has 2 rings (SSSR count). The molecule has 0 radical (unpaired) electrons. The molecule has 1 N–H and O–H groups in total. The highest BCUT2D eigenvalue weighted by Gasteiger charge is 2.30. The Labute approximate surface area is 118 Å². The van der Waals surface area contributed by atoms with Crippen molar-refractivity contribution in [1.82, 2.24) is 9.78 Å². The molecule has 102 valence electrons. The number of hydrogen-bond donors (Lipinski definition) is 1. The van der Waals surface area contributed by atoms with Gasteiger partial charge in [-0.15, -0.1) is 0 Å². The van der Waals surface area contributed by atoms with Gasteiger partial charge < -0.3 is 5.11 Å². The third-order valence-electron chi connectivity index (χ3n) is 4.26. The van der Waals surface area contributed by atoms with Crippen LogP contribution in [0, 0.1) is 11.8 Å². The van der Waals surface area contributed by atoms with Gasteiger partial charge in [0, 0.05) is 6.54 Å². The topological polar surface area (TPSA) is 38.1 Å². The lowest BCUT2D eigenvalue weighted by atomic mass is 9.77. The van der Waals surface area contributed by atoms with Crippen LogP contribution in [0.4, 0.5) is 0 Å². The van der Waals surface area contributed by atoms with Crippen LogP contribution < -0.4 is 0 Å². The van der Waals surface area contributed by atoms with Crippen molar-refractivity contribution >= 4 is 15.9 Å². The maximum atomic E-state index is 10.6. The molecule has 1 saturated carbocycles. The van der Waals surface area contributed by atoms with E-state index in [4.69, 9.17) is 0 Å². The van der Waals surface area contributed by atoms with Crippen molar-refractivity contribution in [2.45, 2.75) is 58.6 Å². The second kappa shape index (κ2) is 6.20. The van der Waals surface area contributed by atoms with Crippen LogP contribution in [-0.4, -0.2) is 14.9 Å². The van der Waals surface area contributed by atoms with Crippen molar-refractivity contribution in [2.75, 3.05) is 0 Å². The van der Waals surface area contributed by atoms with Crippen LogP contribution in [0.1, 0.15) is 57.7 Å². The average molecular weight is 315 g/mol. The molecule has 0 aliphatic heterocycles. The van der Waals surface area contributed by atoms with Gasteiger partial charge in [0.2, 0.25) is 0 Å². The van der Waals surface area contributed by atoms with E-state index in [9.17, 15) is 5.11 Å². The average Bonchev–Trinajstić information content (AvgIpc) is 2.79. The predicted molar refractivity (Wildman–Crippen MR) is 76.3 cm³/mol. The summed E-state index contributed by atoms with van der Waals surface area (Å²) in [7, 11) is 0. The summed E-state index contributed by atoms with van der Waals surface area (Å²) in [6.45, 7) is 5.12. The smallest absolute Gasteiger partial charge is 0.0996 e. The summed E-state index contributed by atoms with van der Waals surface area (Å²) in [5, 5.41) is 14.9. The fourth-order valence-electron chi connectivity index (χ4n) is 3.13. The van der Waals surface area contributed by atoms with Gasteiger partial charge in [0.05, 0.1) is 22.5 Å². The third-order valence-corrected chi connectivity index (χ3v) is 4.87. The van der Waals surface area contributed by atoms with Crippen LogP contribution in [0.15, 0.2) is 10.7 Å². The zero-order valence-electron chi connectivity index (χ0n) is 11.3. The molecule has 3 nitrogen and oxygen atoms in total. The Morgan fingerprint density at radius 1 is 1.50 bits per heavy atom.